The van der Waals surface area contributed by atoms with Crippen LogP contribution in [0.3, 0.4) is 0 Å². The van der Waals surface area contributed by atoms with E-state index in [2.05, 4.69) is 11.8 Å². The molecule has 3 nitrogen and oxygen atoms in total. The molecule has 1 saturated heterocycles. The van der Waals surface area contributed by atoms with Crippen LogP contribution in [0.2, 0.25) is 0 Å². The van der Waals surface area contributed by atoms with Gasteiger partial charge in [-0.1, -0.05) is 6.92 Å². The Hall–Kier alpha value is -0.120. The van der Waals surface area contributed by atoms with Crippen LogP contribution in [-0.2, 0) is 0 Å². The number of rotatable bonds is 2. The number of nitrogens with two attached hydrogens (primary N) is 1. The quantitative estimate of drug-likeness (QED) is 0.717. The Morgan fingerprint density at radius 3 is 2.53 bits per heavy atom. The molecule has 2 aliphatic rings. The molecule has 2 fully saturated rings. The molecule has 0 bridgehead atoms. The first-order chi connectivity index (χ1) is 7.07. The lowest BCUT2D eigenvalue weighted by Gasteiger charge is -2.37. The van der Waals surface area contributed by atoms with Crippen molar-refractivity contribution in [3.05, 3.63) is 0 Å². The zero-order valence-corrected chi connectivity index (χ0v) is 9.78. The highest BCUT2D eigenvalue weighted by Gasteiger charge is 2.35. The summed E-state index contributed by atoms with van der Waals surface area (Å²) in [6.07, 6.45) is 5.39. The van der Waals surface area contributed by atoms with Crippen molar-refractivity contribution in [2.45, 2.75) is 50.7 Å². The average Bonchev–Trinajstić information content (AvgIpc) is 2.57. The van der Waals surface area contributed by atoms with Gasteiger partial charge >= 0.3 is 0 Å². The Bertz CT molecular complexity index is 212. The Kier molecular flexibility index (Phi) is 3.33. The molecule has 0 unspecified atom stereocenters. The molecular weight excluding hydrogens is 188 g/mol. The molecule has 1 heterocycles. The standard InChI is InChI=1S/C12H24N2O/c1-10-2-5-12(15,6-3-10)9-14-7-4-11(13)8-14/h10-11,15H,2-9,13H2,1H3/t10?,11-,12?/m0/s1. The van der Waals surface area contributed by atoms with E-state index in [1.807, 2.05) is 0 Å². The minimum Gasteiger partial charge on any atom is -0.389 e. The molecule has 0 aromatic heterocycles. The fraction of sp³-hybridized carbons (Fsp3) is 1.00. The highest BCUT2D eigenvalue weighted by molar-refractivity contribution is 4.90. The maximum atomic E-state index is 10.5. The van der Waals surface area contributed by atoms with Crippen molar-refractivity contribution in [1.82, 2.24) is 4.90 Å². The van der Waals surface area contributed by atoms with E-state index in [0.29, 0.717) is 6.04 Å². The number of hydrogen-bond donors (Lipinski definition) is 2. The van der Waals surface area contributed by atoms with E-state index in [-0.39, 0.29) is 0 Å². The molecule has 0 amide bonds. The summed E-state index contributed by atoms with van der Waals surface area (Å²) in [5.41, 5.74) is 5.45. The van der Waals surface area contributed by atoms with Crippen LogP contribution < -0.4 is 5.73 Å². The number of likely N-dealkylation sites (tertiary alicyclic amines) is 1. The molecule has 1 aliphatic carbocycles. The third-order valence-electron chi connectivity index (χ3n) is 4.03. The van der Waals surface area contributed by atoms with Crippen molar-refractivity contribution < 1.29 is 5.11 Å². The van der Waals surface area contributed by atoms with Crippen molar-refractivity contribution in [2.75, 3.05) is 19.6 Å². The summed E-state index contributed by atoms with van der Waals surface area (Å²) in [5.74, 6) is 0.797. The molecule has 3 N–H and O–H groups in total. The van der Waals surface area contributed by atoms with E-state index in [1.54, 1.807) is 0 Å². The predicted octanol–water partition coefficient (Wildman–Crippen LogP) is 0.961. The van der Waals surface area contributed by atoms with E-state index in [4.69, 9.17) is 5.73 Å². The average molecular weight is 212 g/mol. The first-order valence-electron chi connectivity index (χ1n) is 6.28. The van der Waals surface area contributed by atoms with E-state index in [0.717, 1.165) is 44.8 Å². The van der Waals surface area contributed by atoms with E-state index >= 15 is 0 Å². The van der Waals surface area contributed by atoms with Crippen molar-refractivity contribution in [2.24, 2.45) is 11.7 Å². The number of nitrogens with zero attached hydrogens (tertiary/aromatic N) is 1. The molecule has 0 aromatic carbocycles. The van der Waals surface area contributed by atoms with E-state index < -0.39 is 5.60 Å². The summed E-state index contributed by atoms with van der Waals surface area (Å²) in [6.45, 7) is 5.16. The summed E-state index contributed by atoms with van der Waals surface area (Å²) >= 11 is 0. The van der Waals surface area contributed by atoms with E-state index in [9.17, 15) is 5.11 Å². The van der Waals surface area contributed by atoms with Gasteiger partial charge in [-0.05, 0) is 44.6 Å². The largest absolute Gasteiger partial charge is 0.389 e. The lowest BCUT2D eigenvalue weighted by Crippen LogP contribution is -2.45. The lowest BCUT2D eigenvalue weighted by molar-refractivity contribution is -0.0308. The molecule has 2 rings (SSSR count). The topological polar surface area (TPSA) is 49.5 Å². The second-order valence-corrected chi connectivity index (χ2v) is 5.69. The summed E-state index contributed by atoms with van der Waals surface area (Å²) in [5, 5.41) is 10.5. The van der Waals surface area contributed by atoms with Crippen LogP contribution in [0.15, 0.2) is 0 Å². The second-order valence-electron chi connectivity index (χ2n) is 5.69. The number of hydrogen-bond acceptors (Lipinski definition) is 3. The van der Waals surface area contributed by atoms with Gasteiger partial charge in [-0.2, -0.15) is 0 Å². The summed E-state index contributed by atoms with van der Waals surface area (Å²) in [6, 6.07) is 0.330. The number of aliphatic hydroxyl groups is 1. The first-order valence-corrected chi connectivity index (χ1v) is 6.28. The Morgan fingerprint density at radius 2 is 2.00 bits per heavy atom. The van der Waals surface area contributed by atoms with Gasteiger partial charge in [0.25, 0.3) is 0 Å². The second kappa shape index (κ2) is 4.40. The summed E-state index contributed by atoms with van der Waals surface area (Å²) in [4.78, 5) is 2.33. The normalized spacial score (nSPS) is 43.4. The van der Waals surface area contributed by atoms with Gasteiger partial charge in [-0.25, -0.2) is 0 Å². The fourth-order valence-electron chi connectivity index (χ4n) is 2.88. The molecule has 0 aromatic rings. The van der Waals surface area contributed by atoms with Crippen LogP contribution in [0.1, 0.15) is 39.0 Å². The zero-order chi connectivity index (χ0) is 10.9. The minimum absolute atomic E-state index is 0.330. The molecular formula is C12H24N2O. The monoisotopic (exact) mass is 212 g/mol. The van der Waals surface area contributed by atoms with Gasteiger partial charge in [-0.15, -0.1) is 0 Å². The SMILES string of the molecule is CC1CCC(O)(CN2CC[C@H](N)C2)CC1. The van der Waals surface area contributed by atoms with Gasteiger partial charge in [0.05, 0.1) is 5.60 Å². The Labute approximate surface area is 92.6 Å². The molecule has 15 heavy (non-hydrogen) atoms. The summed E-state index contributed by atoms with van der Waals surface area (Å²) in [7, 11) is 0. The molecule has 1 aliphatic heterocycles. The lowest BCUT2D eigenvalue weighted by atomic mass is 9.79. The van der Waals surface area contributed by atoms with Gasteiger partial charge in [0.2, 0.25) is 0 Å². The third kappa shape index (κ3) is 2.92. The van der Waals surface area contributed by atoms with Crippen molar-refractivity contribution >= 4 is 0 Å². The van der Waals surface area contributed by atoms with Crippen molar-refractivity contribution in [1.29, 1.82) is 0 Å². The summed E-state index contributed by atoms with van der Waals surface area (Å²) < 4.78 is 0. The molecule has 3 heteroatoms. The van der Waals surface area contributed by atoms with Crippen LogP contribution in [0, 0.1) is 5.92 Å². The molecule has 1 saturated carbocycles. The van der Waals surface area contributed by atoms with E-state index in [1.165, 1.54) is 12.8 Å². The van der Waals surface area contributed by atoms with Crippen LogP contribution >= 0.6 is 0 Å². The fourth-order valence-corrected chi connectivity index (χ4v) is 2.88. The van der Waals surface area contributed by atoms with Crippen molar-refractivity contribution in [3.8, 4) is 0 Å². The first kappa shape index (κ1) is 11.4. The van der Waals surface area contributed by atoms with Crippen molar-refractivity contribution in [3.63, 3.8) is 0 Å². The maximum Gasteiger partial charge on any atom is 0.0774 e. The maximum absolute atomic E-state index is 10.5. The highest BCUT2D eigenvalue weighted by atomic mass is 16.3. The highest BCUT2D eigenvalue weighted by Crippen LogP contribution is 2.32. The number of β-amino-alcohol motifs (C(OH)–C–C–N with tert-alkyl or cyclic N) is 1. The van der Waals surface area contributed by atoms with Gasteiger partial charge in [0, 0.05) is 19.1 Å². The van der Waals surface area contributed by atoms with Crippen LogP contribution in [-0.4, -0.2) is 41.3 Å². The molecule has 0 radical (unpaired) electrons. The smallest absolute Gasteiger partial charge is 0.0774 e. The van der Waals surface area contributed by atoms with Gasteiger partial charge in [0.15, 0.2) is 0 Å². The van der Waals surface area contributed by atoms with Gasteiger partial charge in [-0.3, -0.25) is 4.90 Å². The molecule has 0 spiro atoms. The Balaban J connectivity index is 1.82. The van der Waals surface area contributed by atoms with Crippen LogP contribution in [0.25, 0.3) is 0 Å². The third-order valence-corrected chi connectivity index (χ3v) is 4.03. The molecule has 1 atom stereocenters. The van der Waals surface area contributed by atoms with Gasteiger partial charge in [0.1, 0.15) is 0 Å². The Morgan fingerprint density at radius 1 is 1.33 bits per heavy atom. The van der Waals surface area contributed by atoms with Crippen LogP contribution in [0.4, 0.5) is 0 Å². The van der Waals surface area contributed by atoms with Gasteiger partial charge < -0.3 is 10.8 Å². The molecule has 88 valence electrons. The minimum atomic E-state index is -0.420. The zero-order valence-electron chi connectivity index (χ0n) is 9.78. The van der Waals surface area contributed by atoms with Crippen LogP contribution in [0.5, 0.6) is 0 Å². The predicted molar refractivity (Wildman–Crippen MR) is 61.6 cm³/mol.